The van der Waals surface area contributed by atoms with Gasteiger partial charge in [0.2, 0.25) is 5.78 Å². The molecule has 1 aliphatic heterocycles. The van der Waals surface area contributed by atoms with Crippen LogP contribution in [0.25, 0.3) is 0 Å². The van der Waals surface area contributed by atoms with Gasteiger partial charge in [-0.1, -0.05) is 0 Å². The van der Waals surface area contributed by atoms with Crippen LogP contribution >= 0.6 is 0 Å². The Morgan fingerprint density at radius 2 is 2.42 bits per heavy atom. The number of carbonyl (C=O) groups is 1. The Balaban J connectivity index is 2.34. The van der Waals surface area contributed by atoms with Crippen molar-refractivity contribution in [2.45, 2.75) is 24.7 Å². The molecule has 3 atom stereocenters. The summed E-state index contributed by atoms with van der Waals surface area (Å²) in [5.41, 5.74) is -1.07. The van der Waals surface area contributed by atoms with Crippen LogP contribution in [0.15, 0.2) is 11.8 Å². The van der Waals surface area contributed by atoms with Gasteiger partial charge >= 0.3 is 0 Å². The molecule has 1 fully saturated rings. The minimum Gasteiger partial charge on any atom is -0.493 e. The lowest BCUT2D eigenvalue weighted by Gasteiger charge is -2.20. The maximum atomic E-state index is 11.3. The van der Waals surface area contributed by atoms with Gasteiger partial charge in [-0.3, -0.25) is 4.79 Å². The van der Waals surface area contributed by atoms with Gasteiger partial charge in [0.1, 0.15) is 11.7 Å². The summed E-state index contributed by atoms with van der Waals surface area (Å²) < 4.78 is 9.81. The molecule has 2 aliphatic rings. The second kappa shape index (κ2) is 2.08. The van der Waals surface area contributed by atoms with Gasteiger partial charge in [0.15, 0.2) is 11.9 Å². The fourth-order valence-corrected chi connectivity index (χ4v) is 1.47. The molecule has 4 heteroatoms. The predicted octanol–water partition coefficient (Wildman–Crippen LogP) is -0.382. The fraction of sp³-hybridized carbons (Fsp3) is 0.625. The van der Waals surface area contributed by atoms with E-state index in [0.717, 1.165) is 0 Å². The highest BCUT2D eigenvalue weighted by molar-refractivity contribution is 6.00. The van der Waals surface area contributed by atoms with E-state index in [1.54, 1.807) is 6.92 Å². The summed E-state index contributed by atoms with van der Waals surface area (Å²) in [6.07, 6.45) is 0.549. The van der Waals surface area contributed by atoms with Gasteiger partial charge in [0.05, 0.1) is 7.11 Å². The number of hydrogen-bond acceptors (Lipinski definition) is 4. The van der Waals surface area contributed by atoms with Gasteiger partial charge < -0.3 is 14.6 Å². The number of epoxide rings is 1. The molecule has 0 aromatic heterocycles. The van der Waals surface area contributed by atoms with Crippen LogP contribution < -0.4 is 0 Å². The molecule has 66 valence electrons. The minimum atomic E-state index is -1.07. The van der Waals surface area contributed by atoms with Crippen molar-refractivity contribution in [1.29, 1.82) is 0 Å². The Labute approximate surface area is 69.8 Å². The van der Waals surface area contributed by atoms with Crippen molar-refractivity contribution in [3.8, 4) is 0 Å². The van der Waals surface area contributed by atoms with Crippen LogP contribution in [0, 0.1) is 0 Å². The molecule has 4 nitrogen and oxygen atoms in total. The first-order valence-electron chi connectivity index (χ1n) is 3.75. The Bertz CT molecular complexity index is 266. The van der Waals surface area contributed by atoms with Crippen LogP contribution in [0.4, 0.5) is 0 Å². The number of fused-ring (bicyclic) bond motifs is 1. The van der Waals surface area contributed by atoms with Crippen molar-refractivity contribution < 1.29 is 19.4 Å². The van der Waals surface area contributed by atoms with E-state index in [1.165, 1.54) is 13.2 Å². The first kappa shape index (κ1) is 7.76. The zero-order valence-corrected chi connectivity index (χ0v) is 6.90. The largest absolute Gasteiger partial charge is 0.493 e. The van der Waals surface area contributed by atoms with Gasteiger partial charge in [0.25, 0.3) is 0 Å². The quantitative estimate of drug-likeness (QED) is 0.545. The van der Waals surface area contributed by atoms with E-state index in [1.807, 2.05) is 0 Å². The Morgan fingerprint density at radius 1 is 1.75 bits per heavy atom. The van der Waals surface area contributed by atoms with E-state index in [9.17, 15) is 9.90 Å². The highest BCUT2D eigenvalue weighted by Gasteiger charge is 2.59. The number of ketones is 1. The molecule has 0 spiro atoms. The molecule has 0 aromatic carbocycles. The topological polar surface area (TPSA) is 59.1 Å². The van der Waals surface area contributed by atoms with Crippen LogP contribution in [0.5, 0.6) is 0 Å². The number of hydrogen-bond donors (Lipinski definition) is 1. The van der Waals surface area contributed by atoms with Crippen LogP contribution in [0.3, 0.4) is 0 Å². The number of ether oxygens (including phenoxy) is 2. The lowest BCUT2D eigenvalue weighted by molar-refractivity contribution is -0.120. The molecule has 12 heavy (non-hydrogen) atoms. The zero-order chi connectivity index (χ0) is 8.93. The van der Waals surface area contributed by atoms with Crippen molar-refractivity contribution in [3.05, 3.63) is 11.8 Å². The summed E-state index contributed by atoms with van der Waals surface area (Å²) >= 11 is 0. The fourth-order valence-electron chi connectivity index (χ4n) is 1.47. The third-order valence-corrected chi connectivity index (χ3v) is 2.21. The Kier molecular flexibility index (Phi) is 1.35. The average Bonchev–Trinajstić information content (AvgIpc) is 2.76. The molecule has 0 aromatic rings. The van der Waals surface area contributed by atoms with Gasteiger partial charge in [-0.25, -0.2) is 0 Å². The monoisotopic (exact) mass is 170 g/mol. The van der Waals surface area contributed by atoms with Crippen LogP contribution in [-0.4, -0.2) is 35.8 Å². The summed E-state index contributed by atoms with van der Waals surface area (Å²) in [5.74, 6) is 0.0211. The summed E-state index contributed by atoms with van der Waals surface area (Å²) in [6, 6.07) is 0. The number of Topliss-reactive ketones (excluding diaryl/α,β-unsaturated/α-hetero) is 1. The van der Waals surface area contributed by atoms with Crippen molar-refractivity contribution in [1.82, 2.24) is 0 Å². The van der Waals surface area contributed by atoms with Gasteiger partial charge in [-0.05, 0) is 13.0 Å². The molecule has 1 saturated heterocycles. The summed E-state index contributed by atoms with van der Waals surface area (Å²) in [5, 5.41) is 9.67. The molecule has 0 saturated carbocycles. The zero-order valence-electron chi connectivity index (χ0n) is 6.90. The lowest BCUT2D eigenvalue weighted by atomic mass is 9.91. The maximum absolute atomic E-state index is 11.3. The molecule has 0 amide bonds. The van der Waals surface area contributed by atoms with Gasteiger partial charge in [-0.2, -0.15) is 0 Å². The molecule has 2 rings (SSSR count). The summed E-state index contributed by atoms with van der Waals surface area (Å²) in [6.45, 7) is 1.60. The maximum Gasteiger partial charge on any atom is 0.228 e. The van der Waals surface area contributed by atoms with E-state index in [-0.39, 0.29) is 17.6 Å². The highest BCUT2D eigenvalue weighted by Crippen LogP contribution is 2.40. The molecule has 3 unspecified atom stereocenters. The average molecular weight is 170 g/mol. The number of methoxy groups -OCH3 is 1. The van der Waals surface area contributed by atoms with Crippen LogP contribution in [0.2, 0.25) is 0 Å². The van der Waals surface area contributed by atoms with E-state index >= 15 is 0 Å². The van der Waals surface area contributed by atoms with Crippen molar-refractivity contribution >= 4 is 5.78 Å². The summed E-state index contributed by atoms with van der Waals surface area (Å²) in [4.78, 5) is 11.3. The standard InChI is InChI=1S/C8H10O4/c1-8(10)3-4(11-2)5(9)6-7(8)12-6/h3,6-7,10H,1-2H3. The summed E-state index contributed by atoms with van der Waals surface area (Å²) in [7, 11) is 1.41. The third kappa shape index (κ3) is 0.884. The SMILES string of the molecule is COC1=CC(C)(O)C2OC2C1=O. The first-order valence-corrected chi connectivity index (χ1v) is 3.75. The van der Waals surface area contributed by atoms with Crippen LogP contribution in [-0.2, 0) is 14.3 Å². The van der Waals surface area contributed by atoms with Crippen molar-refractivity contribution in [3.63, 3.8) is 0 Å². The van der Waals surface area contributed by atoms with E-state index < -0.39 is 11.7 Å². The molecular formula is C8H10O4. The van der Waals surface area contributed by atoms with Crippen molar-refractivity contribution in [2.75, 3.05) is 7.11 Å². The normalized spacial score (nSPS) is 44.9. The first-order chi connectivity index (χ1) is 5.56. The molecule has 0 bridgehead atoms. The third-order valence-electron chi connectivity index (χ3n) is 2.21. The second-order valence-corrected chi connectivity index (χ2v) is 3.28. The van der Waals surface area contributed by atoms with Gasteiger partial charge in [0, 0.05) is 0 Å². The van der Waals surface area contributed by atoms with E-state index in [0.29, 0.717) is 0 Å². The Hall–Kier alpha value is -0.870. The van der Waals surface area contributed by atoms with Crippen molar-refractivity contribution in [2.24, 2.45) is 0 Å². The molecule has 1 N–H and O–H groups in total. The molecule has 1 heterocycles. The smallest absolute Gasteiger partial charge is 0.228 e. The molecule has 1 aliphatic carbocycles. The minimum absolute atomic E-state index is 0.172. The highest BCUT2D eigenvalue weighted by atomic mass is 16.6. The lowest BCUT2D eigenvalue weighted by Crippen LogP contribution is -2.37. The van der Waals surface area contributed by atoms with Crippen LogP contribution in [0.1, 0.15) is 6.92 Å². The number of aliphatic hydroxyl groups is 1. The number of rotatable bonds is 1. The van der Waals surface area contributed by atoms with E-state index in [2.05, 4.69) is 0 Å². The number of carbonyl (C=O) groups excluding carboxylic acids is 1. The molecular weight excluding hydrogens is 160 g/mol. The predicted molar refractivity (Wildman–Crippen MR) is 39.4 cm³/mol. The molecule has 0 radical (unpaired) electrons. The van der Waals surface area contributed by atoms with E-state index in [4.69, 9.17) is 9.47 Å². The second-order valence-electron chi connectivity index (χ2n) is 3.28. The van der Waals surface area contributed by atoms with Gasteiger partial charge in [-0.15, -0.1) is 0 Å². The Morgan fingerprint density at radius 3 is 3.00 bits per heavy atom.